The van der Waals surface area contributed by atoms with Gasteiger partial charge < -0.3 is 15.2 Å². The van der Waals surface area contributed by atoms with Gasteiger partial charge in [0.1, 0.15) is 17.6 Å². The molecular weight excluding hydrogens is 274 g/mol. The molecule has 2 aromatic rings. The van der Waals surface area contributed by atoms with Crippen LogP contribution in [0.2, 0.25) is 5.02 Å². The van der Waals surface area contributed by atoms with Crippen LogP contribution in [0.4, 0.5) is 0 Å². The Labute approximate surface area is 123 Å². The largest absolute Gasteiger partial charge is 0.497 e. The monoisotopic (exact) mass is 289 g/mol. The number of methoxy groups -OCH3 is 1. The summed E-state index contributed by atoms with van der Waals surface area (Å²) in [7, 11) is 1.64. The van der Waals surface area contributed by atoms with Gasteiger partial charge in [-0.1, -0.05) is 29.8 Å². The summed E-state index contributed by atoms with van der Waals surface area (Å²) in [6.45, 7) is 0. The second kappa shape index (κ2) is 5.35. The van der Waals surface area contributed by atoms with E-state index in [1.54, 1.807) is 7.11 Å². The van der Waals surface area contributed by atoms with Crippen LogP contribution in [0.3, 0.4) is 0 Å². The van der Waals surface area contributed by atoms with Crippen molar-refractivity contribution >= 4 is 11.6 Å². The van der Waals surface area contributed by atoms with Gasteiger partial charge >= 0.3 is 0 Å². The van der Waals surface area contributed by atoms with Gasteiger partial charge in [-0.2, -0.15) is 0 Å². The molecule has 3 nitrogen and oxygen atoms in total. The number of hydrogen-bond donors (Lipinski definition) is 1. The Morgan fingerprint density at radius 2 is 2.10 bits per heavy atom. The highest BCUT2D eigenvalue weighted by Crippen LogP contribution is 2.41. The van der Waals surface area contributed by atoms with Crippen molar-refractivity contribution in [2.24, 2.45) is 5.73 Å². The number of fused-ring (bicyclic) bond motifs is 1. The predicted octanol–water partition coefficient (Wildman–Crippen LogP) is 3.87. The second-order valence-corrected chi connectivity index (χ2v) is 5.34. The molecule has 0 amide bonds. The molecule has 0 bridgehead atoms. The fourth-order valence-electron chi connectivity index (χ4n) is 2.52. The van der Waals surface area contributed by atoms with Gasteiger partial charge in [0, 0.05) is 29.1 Å². The van der Waals surface area contributed by atoms with Gasteiger partial charge in [-0.25, -0.2) is 0 Å². The lowest BCUT2D eigenvalue weighted by atomic mass is 9.93. The second-order valence-electron chi connectivity index (χ2n) is 4.91. The molecule has 0 saturated carbocycles. The number of halogens is 1. The fraction of sp³-hybridized carbons (Fsp3) is 0.250. The van der Waals surface area contributed by atoms with Crippen molar-refractivity contribution in [2.75, 3.05) is 7.11 Å². The Hall–Kier alpha value is -1.71. The van der Waals surface area contributed by atoms with Crippen molar-refractivity contribution in [3.05, 3.63) is 58.6 Å². The summed E-state index contributed by atoms with van der Waals surface area (Å²) in [5, 5.41) is 0.705. The molecule has 0 saturated heterocycles. The highest BCUT2D eigenvalue weighted by Gasteiger charge is 2.27. The van der Waals surface area contributed by atoms with E-state index in [-0.39, 0.29) is 12.1 Å². The summed E-state index contributed by atoms with van der Waals surface area (Å²) in [6, 6.07) is 13.4. The first-order chi connectivity index (χ1) is 9.67. The summed E-state index contributed by atoms with van der Waals surface area (Å²) >= 11 is 6.04. The van der Waals surface area contributed by atoms with E-state index >= 15 is 0 Å². The quantitative estimate of drug-likeness (QED) is 0.913. The average molecular weight is 290 g/mol. The smallest absolute Gasteiger partial charge is 0.128 e. The summed E-state index contributed by atoms with van der Waals surface area (Å²) < 4.78 is 11.3. The summed E-state index contributed by atoms with van der Waals surface area (Å²) in [5.41, 5.74) is 8.31. The Bertz CT molecular complexity index is 630. The molecule has 4 heteroatoms. The Morgan fingerprint density at radius 1 is 1.25 bits per heavy atom. The van der Waals surface area contributed by atoms with E-state index in [9.17, 15) is 0 Å². The number of hydrogen-bond acceptors (Lipinski definition) is 3. The third-order valence-electron chi connectivity index (χ3n) is 3.58. The van der Waals surface area contributed by atoms with E-state index in [4.69, 9.17) is 26.8 Å². The third kappa shape index (κ3) is 2.47. The molecule has 1 aliphatic heterocycles. The first kappa shape index (κ1) is 13.3. The van der Waals surface area contributed by atoms with Gasteiger partial charge in [0.15, 0.2) is 0 Å². The minimum Gasteiger partial charge on any atom is -0.497 e. The molecule has 3 rings (SSSR count). The van der Waals surface area contributed by atoms with Crippen molar-refractivity contribution < 1.29 is 9.47 Å². The zero-order valence-electron chi connectivity index (χ0n) is 11.2. The highest BCUT2D eigenvalue weighted by molar-refractivity contribution is 6.30. The van der Waals surface area contributed by atoms with Gasteiger partial charge in [0.25, 0.3) is 0 Å². The molecule has 20 heavy (non-hydrogen) atoms. The zero-order valence-corrected chi connectivity index (χ0v) is 11.9. The van der Waals surface area contributed by atoms with Crippen LogP contribution >= 0.6 is 11.6 Å². The molecule has 0 radical (unpaired) electrons. The van der Waals surface area contributed by atoms with E-state index in [0.717, 1.165) is 29.0 Å². The zero-order chi connectivity index (χ0) is 14.1. The minimum atomic E-state index is -0.0803. The minimum absolute atomic E-state index is 0.0476. The van der Waals surface area contributed by atoms with Crippen molar-refractivity contribution in [2.45, 2.75) is 18.6 Å². The number of nitrogens with two attached hydrogens (primary N) is 1. The van der Waals surface area contributed by atoms with Crippen molar-refractivity contribution in [1.29, 1.82) is 0 Å². The molecule has 0 aliphatic carbocycles. The normalized spacial score (nSPS) is 20.9. The average Bonchev–Trinajstić information content (AvgIpc) is 2.46. The van der Waals surface area contributed by atoms with Crippen LogP contribution in [0.15, 0.2) is 42.5 Å². The van der Waals surface area contributed by atoms with E-state index in [1.807, 2.05) is 42.5 Å². The van der Waals surface area contributed by atoms with E-state index in [0.29, 0.717) is 5.02 Å². The van der Waals surface area contributed by atoms with Gasteiger partial charge in [-0.15, -0.1) is 0 Å². The lowest BCUT2D eigenvalue weighted by Crippen LogP contribution is -2.24. The van der Waals surface area contributed by atoms with E-state index < -0.39 is 0 Å². The predicted molar refractivity (Wildman–Crippen MR) is 79.4 cm³/mol. The first-order valence-corrected chi connectivity index (χ1v) is 6.91. The molecule has 0 fully saturated rings. The van der Waals surface area contributed by atoms with Gasteiger partial charge in [0.05, 0.1) is 7.11 Å². The molecule has 1 aliphatic rings. The number of rotatable bonds is 2. The topological polar surface area (TPSA) is 44.5 Å². The Morgan fingerprint density at radius 3 is 2.85 bits per heavy atom. The third-order valence-corrected chi connectivity index (χ3v) is 3.81. The Balaban J connectivity index is 1.95. The van der Waals surface area contributed by atoms with Crippen LogP contribution in [0.25, 0.3) is 0 Å². The van der Waals surface area contributed by atoms with Crippen LogP contribution < -0.4 is 15.2 Å². The molecule has 1 heterocycles. The standard InChI is InChI=1S/C16H16ClNO2/c1-19-12-5-6-13-14(18)9-15(20-16(13)8-12)10-3-2-4-11(17)7-10/h2-8,14-15H,9,18H2,1H3. The maximum absolute atomic E-state index is 6.25. The highest BCUT2D eigenvalue weighted by atomic mass is 35.5. The molecule has 104 valence electrons. The van der Waals surface area contributed by atoms with Crippen LogP contribution in [-0.4, -0.2) is 7.11 Å². The SMILES string of the molecule is COc1ccc2c(c1)OC(c1cccc(Cl)c1)CC2N. The Kier molecular flexibility index (Phi) is 3.55. The summed E-state index contributed by atoms with van der Waals surface area (Å²) in [5.74, 6) is 1.55. The maximum Gasteiger partial charge on any atom is 0.128 e. The molecule has 2 atom stereocenters. The van der Waals surface area contributed by atoms with Gasteiger partial charge in [-0.05, 0) is 23.8 Å². The fourth-order valence-corrected chi connectivity index (χ4v) is 2.72. The maximum atomic E-state index is 6.25. The summed E-state index contributed by atoms with van der Waals surface area (Å²) in [4.78, 5) is 0. The lowest BCUT2D eigenvalue weighted by Gasteiger charge is -2.30. The van der Waals surface area contributed by atoms with Gasteiger partial charge in [0.2, 0.25) is 0 Å². The van der Waals surface area contributed by atoms with Crippen molar-refractivity contribution in [1.82, 2.24) is 0 Å². The molecule has 0 spiro atoms. The van der Waals surface area contributed by atoms with Crippen molar-refractivity contribution in [3.8, 4) is 11.5 Å². The molecule has 0 aromatic heterocycles. The first-order valence-electron chi connectivity index (χ1n) is 6.53. The molecule has 2 aromatic carbocycles. The molecule has 2 N–H and O–H groups in total. The van der Waals surface area contributed by atoms with Crippen LogP contribution in [0.1, 0.15) is 29.7 Å². The van der Waals surface area contributed by atoms with E-state index in [2.05, 4.69) is 0 Å². The number of benzene rings is 2. The summed E-state index contributed by atoms with van der Waals surface area (Å²) in [6.07, 6.45) is 0.656. The van der Waals surface area contributed by atoms with Gasteiger partial charge in [-0.3, -0.25) is 0 Å². The van der Waals surface area contributed by atoms with Crippen LogP contribution in [0.5, 0.6) is 11.5 Å². The number of ether oxygens (including phenoxy) is 2. The van der Waals surface area contributed by atoms with E-state index in [1.165, 1.54) is 0 Å². The van der Waals surface area contributed by atoms with Crippen LogP contribution in [0, 0.1) is 0 Å². The molecular formula is C16H16ClNO2. The lowest BCUT2D eigenvalue weighted by molar-refractivity contribution is 0.161. The molecule has 2 unspecified atom stereocenters. The van der Waals surface area contributed by atoms with Crippen LogP contribution in [-0.2, 0) is 0 Å². The van der Waals surface area contributed by atoms with Crippen molar-refractivity contribution in [3.63, 3.8) is 0 Å².